The van der Waals surface area contributed by atoms with Gasteiger partial charge in [-0.3, -0.25) is 9.69 Å². The average molecular weight is 237 g/mol. The van der Waals surface area contributed by atoms with E-state index in [1.54, 1.807) is 4.90 Å². The van der Waals surface area contributed by atoms with Gasteiger partial charge in [-0.15, -0.1) is 0 Å². The van der Waals surface area contributed by atoms with Gasteiger partial charge in [0, 0.05) is 13.1 Å². The first-order chi connectivity index (χ1) is 7.06. The lowest BCUT2D eigenvalue weighted by Gasteiger charge is -2.33. The van der Waals surface area contributed by atoms with Crippen molar-refractivity contribution in [2.45, 2.75) is 19.1 Å². The molecule has 15 heavy (non-hydrogen) atoms. The third kappa shape index (κ3) is 3.32. The van der Waals surface area contributed by atoms with Crippen LogP contribution in [0.15, 0.2) is 0 Å². The number of ether oxygens (including phenoxy) is 1. The van der Waals surface area contributed by atoms with Gasteiger partial charge in [-0.05, 0) is 6.92 Å². The largest absolute Gasteiger partial charge is 0.616 e. The molecule has 1 aliphatic rings. The maximum absolute atomic E-state index is 13.3. The van der Waals surface area contributed by atoms with Gasteiger partial charge in [-0.2, -0.15) is 0 Å². The third-order valence-corrected chi connectivity index (χ3v) is 3.76. The molecule has 1 heterocycles. The Balaban J connectivity index is 2.60. The first-order valence-corrected chi connectivity index (χ1v) is 6.36. The quantitative estimate of drug-likeness (QED) is 0.510. The first-order valence-electron chi connectivity index (χ1n) is 4.87. The number of nitrogens with zero attached hydrogens (tertiary/aromatic N) is 1. The summed E-state index contributed by atoms with van der Waals surface area (Å²) in [4.78, 5) is 13.1. The number of methoxy groups -OCH3 is 1. The van der Waals surface area contributed by atoms with E-state index >= 15 is 0 Å². The molecule has 1 fully saturated rings. The van der Waals surface area contributed by atoms with Gasteiger partial charge in [-0.25, -0.2) is 4.39 Å². The van der Waals surface area contributed by atoms with Crippen molar-refractivity contribution in [1.29, 1.82) is 0 Å². The number of hydrogen-bond donors (Lipinski definition) is 0. The van der Waals surface area contributed by atoms with Crippen LogP contribution in [0.4, 0.5) is 4.39 Å². The summed E-state index contributed by atoms with van der Waals surface area (Å²) >= 11 is -0.822. The lowest BCUT2D eigenvalue weighted by Crippen LogP contribution is -2.53. The number of carbonyl (C=O) groups is 1. The average Bonchev–Trinajstić information content (AvgIpc) is 2.20. The van der Waals surface area contributed by atoms with E-state index in [9.17, 15) is 13.7 Å². The Morgan fingerprint density at radius 3 is 2.47 bits per heavy atom. The number of hydrogen-bond acceptors (Lipinski definition) is 4. The summed E-state index contributed by atoms with van der Waals surface area (Å²) in [5.74, 6) is 0.443. The second-order valence-corrected chi connectivity index (χ2v) is 5.23. The molecule has 0 aromatic heterocycles. The van der Waals surface area contributed by atoms with Gasteiger partial charge in [0.05, 0.1) is 7.11 Å². The highest BCUT2D eigenvalue weighted by Crippen LogP contribution is 2.14. The van der Waals surface area contributed by atoms with E-state index in [0.29, 0.717) is 24.6 Å². The van der Waals surface area contributed by atoms with Crippen LogP contribution in [-0.4, -0.2) is 59.3 Å². The van der Waals surface area contributed by atoms with Gasteiger partial charge in [0.15, 0.2) is 0 Å². The zero-order chi connectivity index (χ0) is 11.4. The van der Waals surface area contributed by atoms with Gasteiger partial charge in [0.2, 0.25) is 0 Å². The molecule has 0 spiro atoms. The highest BCUT2D eigenvalue weighted by atomic mass is 32.2. The van der Waals surface area contributed by atoms with E-state index in [1.807, 2.05) is 0 Å². The van der Waals surface area contributed by atoms with Crippen molar-refractivity contribution in [3.8, 4) is 0 Å². The molecular formula is C9H16FNO3S. The Bertz CT molecular complexity index is 219. The second-order valence-electron chi connectivity index (χ2n) is 3.53. The molecule has 1 rings (SSSR count). The summed E-state index contributed by atoms with van der Waals surface area (Å²) in [6.45, 7) is 2.31. The fraction of sp³-hybridized carbons (Fsp3) is 0.889. The maximum Gasteiger partial charge on any atom is 0.326 e. The lowest BCUT2D eigenvalue weighted by molar-refractivity contribution is -0.149. The molecule has 6 heteroatoms. The Morgan fingerprint density at radius 1 is 1.53 bits per heavy atom. The van der Waals surface area contributed by atoms with Crippen molar-refractivity contribution in [2.24, 2.45) is 0 Å². The molecule has 2 unspecified atom stereocenters. The minimum Gasteiger partial charge on any atom is -0.616 e. The SMILES string of the molecule is COC(=O)C(C(C)F)N1CC[S+]([O-])CC1. The summed E-state index contributed by atoms with van der Waals surface area (Å²) < 4.78 is 28.9. The summed E-state index contributed by atoms with van der Waals surface area (Å²) in [6, 6.07) is -0.854. The highest BCUT2D eigenvalue weighted by Gasteiger charge is 2.35. The number of alkyl halides is 1. The monoisotopic (exact) mass is 237 g/mol. The van der Waals surface area contributed by atoms with E-state index in [2.05, 4.69) is 4.74 Å². The Labute approximate surface area is 91.9 Å². The van der Waals surface area contributed by atoms with Crippen molar-refractivity contribution in [2.75, 3.05) is 31.7 Å². The molecule has 0 saturated carbocycles. The van der Waals surface area contributed by atoms with Crippen LogP contribution < -0.4 is 0 Å². The van der Waals surface area contributed by atoms with Crippen LogP contribution in [0.2, 0.25) is 0 Å². The van der Waals surface area contributed by atoms with Gasteiger partial charge < -0.3 is 9.29 Å². The van der Waals surface area contributed by atoms with Crippen LogP contribution in [0.25, 0.3) is 0 Å². The predicted molar refractivity (Wildman–Crippen MR) is 55.8 cm³/mol. The summed E-state index contributed by atoms with van der Waals surface area (Å²) in [5.41, 5.74) is 0. The van der Waals surface area contributed by atoms with Crippen molar-refractivity contribution in [3.63, 3.8) is 0 Å². The Hall–Kier alpha value is -0.330. The van der Waals surface area contributed by atoms with Gasteiger partial charge in [0.25, 0.3) is 0 Å². The standard InChI is InChI=1S/C9H16FNO3S/c1-7(10)8(9(12)14-2)11-3-5-15(13)6-4-11/h7-8H,3-6H2,1-2H3. The highest BCUT2D eigenvalue weighted by molar-refractivity contribution is 7.91. The molecule has 0 aliphatic carbocycles. The predicted octanol–water partition coefficient (Wildman–Crippen LogP) is -0.0497. The fourth-order valence-electron chi connectivity index (χ4n) is 1.68. The third-order valence-electron chi connectivity index (χ3n) is 2.48. The zero-order valence-corrected chi connectivity index (χ0v) is 9.76. The molecular weight excluding hydrogens is 221 g/mol. The number of esters is 1. The second kappa shape index (κ2) is 5.67. The van der Waals surface area contributed by atoms with E-state index in [0.717, 1.165) is 0 Å². The summed E-state index contributed by atoms with van der Waals surface area (Å²) in [5, 5.41) is 0. The first kappa shape index (κ1) is 12.7. The molecule has 0 aromatic carbocycles. The van der Waals surface area contributed by atoms with Gasteiger partial charge in [-0.1, -0.05) is 11.2 Å². The molecule has 2 atom stereocenters. The maximum atomic E-state index is 13.3. The minimum absolute atomic E-state index is 0.487. The van der Waals surface area contributed by atoms with Crippen molar-refractivity contribution in [1.82, 2.24) is 4.90 Å². The van der Waals surface area contributed by atoms with Crippen LogP contribution in [-0.2, 0) is 20.7 Å². The molecule has 1 aliphatic heterocycles. The van der Waals surface area contributed by atoms with Gasteiger partial charge in [0.1, 0.15) is 23.7 Å². The molecule has 0 aromatic rings. The molecule has 0 radical (unpaired) electrons. The van der Waals surface area contributed by atoms with Crippen LogP contribution in [0, 0.1) is 0 Å². The van der Waals surface area contributed by atoms with Crippen LogP contribution in [0.1, 0.15) is 6.92 Å². The van der Waals surface area contributed by atoms with Crippen LogP contribution >= 0.6 is 0 Å². The van der Waals surface area contributed by atoms with Crippen molar-refractivity contribution < 1.29 is 18.5 Å². The topological polar surface area (TPSA) is 52.6 Å². The number of rotatable bonds is 3. The van der Waals surface area contributed by atoms with Crippen molar-refractivity contribution >= 4 is 17.1 Å². The number of halogens is 1. The Kier molecular flexibility index (Phi) is 4.82. The molecule has 88 valence electrons. The molecule has 0 bridgehead atoms. The Morgan fingerprint density at radius 2 is 2.07 bits per heavy atom. The van der Waals surface area contributed by atoms with E-state index in [1.165, 1.54) is 14.0 Å². The zero-order valence-electron chi connectivity index (χ0n) is 8.94. The van der Waals surface area contributed by atoms with Gasteiger partial charge >= 0.3 is 5.97 Å². The molecule has 1 saturated heterocycles. The summed E-state index contributed by atoms with van der Waals surface area (Å²) in [7, 11) is 1.25. The lowest BCUT2D eigenvalue weighted by atomic mass is 10.1. The summed E-state index contributed by atoms with van der Waals surface area (Å²) in [6.07, 6.45) is -1.27. The van der Waals surface area contributed by atoms with E-state index in [-0.39, 0.29) is 0 Å². The smallest absolute Gasteiger partial charge is 0.326 e. The number of carbonyl (C=O) groups excluding carboxylic acids is 1. The molecule has 4 nitrogen and oxygen atoms in total. The van der Waals surface area contributed by atoms with Crippen LogP contribution in [0.5, 0.6) is 0 Å². The van der Waals surface area contributed by atoms with E-state index < -0.39 is 29.4 Å². The van der Waals surface area contributed by atoms with Crippen LogP contribution in [0.3, 0.4) is 0 Å². The van der Waals surface area contributed by atoms with E-state index in [4.69, 9.17) is 0 Å². The normalized spacial score (nSPS) is 23.5. The fourth-order valence-corrected chi connectivity index (χ4v) is 2.76. The molecule has 0 amide bonds. The molecule has 0 N–H and O–H groups in total. The minimum atomic E-state index is -1.27. The van der Waals surface area contributed by atoms with Crippen molar-refractivity contribution in [3.05, 3.63) is 0 Å².